The maximum Gasteiger partial charge on any atom is 0.319 e. The van der Waals surface area contributed by atoms with Gasteiger partial charge in [-0.3, -0.25) is 0 Å². The normalized spacial score (nSPS) is 18.7. The summed E-state index contributed by atoms with van der Waals surface area (Å²) in [5, 5.41) is 8.77. The van der Waals surface area contributed by atoms with Crippen LogP contribution in [0.1, 0.15) is 12.8 Å². The first-order valence-electron chi connectivity index (χ1n) is 7.90. The van der Waals surface area contributed by atoms with Crippen molar-refractivity contribution in [3.63, 3.8) is 0 Å². The molecule has 4 rings (SSSR count). The van der Waals surface area contributed by atoms with Gasteiger partial charge < -0.3 is 25.0 Å². The van der Waals surface area contributed by atoms with Crippen LogP contribution in [0, 0.1) is 0 Å². The van der Waals surface area contributed by atoms with Crippen molar-refractivity contribution in [2.24, 2.45) is 0 Å². The van der Waals surface area contributed by atoms with Gasteiger partial charge in [0.25, 0.3) is 0 Å². The van der Waals surface area contributed by atoms with Crippen molar-refractivity contribution in [1.29, 1.82) is 0 Å². The molecule has 126 valence electrons. The van der Waals surface area contributed by atoms with E-state index in [9.17, 15) is 4.79 Å². The summed E-state index contributed by atoms with van der Waals surface area (Å²) in [6.45, 7) is 1.80. The first-order valence-corrected chi connectivity index (χ1v) is 8.78. The lowest BCUT2D eigenvalue weighted by Crippen LogP contribution is -2.41. The Bertz CT molecular complexity index is 722. The van der Waals surface area contributed by atoms with Crippen molar-refractivity contribution in [2.45, 2.75) is 18.9 Å². The Morgan fingerprint density at radius 1 is 1.38 bits per heavy atom. The van der Waals surface area contributed by atoms with Crippen LogP contribution in [0.4, 0.5) is 15.6 Å². The predicted octanol–water partition coefficient (Wildman–Crippen LogP) is 2.66. The van der Waals surface area contributed by atoms with Crippen molar-refractivity contribution < 1.29 is 14.3 Å². The molecule has 3 heterocycles. The SMILES string of the molecule is O=C(NC[C@H]1CCCN1c1nccs1)Nc1ccc2c(c1)OCO2. The van der Waals surface area contributed by atoms with E-state index in [0.717, 1.165) is 24.5 Å². The third kappa shape index (κ3) is 3.09. The zero-order valence-electron chi connectivity index (χ0n) is 13.0. The van der Waals surface area contributed by atoms with Crippen molar-refractivity contribution in [1.82, 2.24) is 10.3 Å². The van der Waals surface area contributed by atoms with Gasteiger partial charge in [0.05, 0.1) is 0 Å². The quantitative estimate of drug-likeness (QED) is 0.890. The van der Waals surface area contributed by atoms with Gasteiger partial charge in [0.15, 0.2) is 16.6 Å². The van der Waals surface area contributed by atoms with E-state index in [4.69, 9.17) is 9.47 Å². The number of ether oxygens (including phenoxy) is 2. The largest absolute Gasteiger partial charge is 0.454 e. The van der Waals surface area contributed by atoms with Crippen LogP contribution >= 0.6 is 11.3 Å². The molecule has 2 aromatic rings. The minimum Gasteiger partial charge on any atom is -0.454 e. The molecule has 1 aromatic carbocycles. The van der Waals surface area contributed by atoms with Gasteiger partial charge in [-0.05, 0) is 25.0 Å². The third-order valence-electron chi connectivity index (χ3n) is 4.17. The number of hydrogen-bond acceptors (Lipinski definition) is 6. The highest BCUT2D eigenvalue weighted by Crippen LogP contribution is 2.34. The van der Waals surface area contributed by atoms with Crippen molar-refractivity contribution in [3.05, 3.63) is 29.8 Å². The molecule has 0 aliphatic carbocycles. The van der Waals surface area contributed by atoms with E-state index < -0.39 is 0 Å². The number of anilines is 2. The molecule has 8 heteroatoms. The molecule has 1 atom stereocenters. The first-order chi connectivity index (χ1) is 11.8. The van der Waals surface area contributed by atoms with Crippen LogP contribution in [0.15, 0.2) is 29.8 Å². The number of carbonyl (C=O) groups excluding carboxylic acids is 1. The van der Waals surface area contributed by atoms with Crippen LogP contribution in [0.25, 0.3) is 0 Å². The standard InChI is InChI=1S/C16H18N4O3S/c21-15(19-11-3-4-13-14(8-11)23-10-22-13)18-9-12-2-1-6-20(12)16-17-5-7-24-16/h3-5,7-8,12H,1-2,6,9-10H2,(H2,18,19,21)/t12-/m1/s1. The summed E-state index contributed by atoms with van der Waals surface area (Å²) in [6, 6.07) is 5.42. The minimum absolute atomic E-state index is 0.221. The second-order valence-electron chi connectivity index (χ2n) is 5.71. The Hall–Kier alpha value is -2.48. The Balaban J connectivity index is 1.32. The Kier molecular flexibility index (Phi) is 4.12. The van der Waals surface area contributed by atoms with E-state index in [1.807, 2.05) is 11.6 Å². The van der Waals surface area contributed by atoms with E-state index in [1.165, 1.54) is 0 Å². The highest BCUT2D eigenvalue weighted by molar-refractivity contribution is 7.13. The fourth-order valence-corrected chi connectivity index (χ4v) is 3.76. The molecule has 0 bridgehead atoms. The summed E-state index contributed by atoms with van der Waals surface area (Å²) < 4.78 is 10.6. The van der Waals surface area contributed by atoms with Gasteiger partial charge in [0, 0.05) is 42.5 Å². The van der Waals surface area contributed by atoms with Crippen LogP contribution in [0.3, 0.4) is 0 Å². The van der Waals surface area contributed by atoms with Crippen LogP contribution in [0.5, 0.6) is 11.5 Å². The van der Waals surface area contributed by atoms with Gasteiger partial charge in [0.1, 0.15) is 0 Å². The Labute approximate surface area is 143 Å². The molecule has 0 unspecified atom stereocenters. The van der Waals surface area contributed by atoms with Crippen molar-refractivity contribution in [3.8, 4) is 11.5 Å². The van der Waals surface area contributed by atoms with E-state index in [2.05, 4.69) is 20.5 Å². The minimum atomic E-state index is -0.222. The van der Waals surface area contributed by atoms with Crippen LogP contribution < -0.4 is 25.0 Å². The van der Waals surface area contributed by atoms with Crippen molar-refractivity contribution in [2.75, 3.05) is 30.1 Å². The number of nitrogens with zero attached hydrogens (tertiary/aromatic N) is 2. The smallest absolute Gasteiger partial charge is 0.319 e. The number of benzene rings is 1. The summed E-state index contributed by atoms with van der Waals surface area (Å²) >= 11 is 1.63. The van der Waals surface area contributed by atoms with Crippen LogP contribution in [-0.4, -0.2) is 36.9 Å². The number of amides is 2. The summed E-state index contributed by atoms with van der Waals surface area (Å²) in [5.74, 6) is 1.35. The molecule has 24 heavy (non-hydrogen) atoms. The number of carbonyl (C=O) groups is 1. The van der Waals surface area contributed by atoms with Gasteiger partial charge in [0.2, 0.25) is 6.79 Å². The molecule has 2 N–H and O–H groups in total. The molecular weight excluding hydrogens is 328 g/mol. The lowest BCUT2D eigenvalue weighted by atomic mass is 10.2. The average molecular weight is 346 g/mol. The number of fused-ring (bicyclic) bond motifs is 1. The van der Waals surface area contributed by atoms with E-state index in [1.54, 1.807) is 29.5 Å². The summed E-state index contributed by atoms with van der Waals surface area (Å²) in [7, 11) is 0. The van der Waals surface area contributed by atoms with E-state index in [-0.39, 0.29) is 12.8 Å². The maximum absolute atomic E-state index is 12.1. The average Bonchev–Trinajstić information content (AvgIpc) is 3.32. The molecule has 0 saturated carbocycles. The highest BCUT2D eigenvalue weighted by Gasteiger charge is 2.26. The summed E-state index contributed by atoms with van der Waals surface area (Å²) in [5.41, 5.74) is 0.681. The monoisotopic (exact) mass is 346 g/mol. The predicted molar refractivity (Wildman–Crippen MR) is 92.1 cm³/mol. The van der Waals surface area contributed by atoms with E-state index >= 15 is 0 Å². The second-order valence-corrected chi connectivity index (χ2v) is 6.58. The number of hydrogen-bond donors (Lipinski definition) is 2. The molecular formula is C16H18N4O3S. The zero-order valence-corrected chi connectivity index (χ0v) is 13.8. The Morgan fingerprint density at radius 2 is 2.29 bits per heavy atom. The maximum atomic E-state index is 12.1. The lowest BCUT2D eigenvalue weighted by molar-refractivity contribution is 0.174. The fourth-order valence-electron chi connectivity index (χ4n) is 3.02. The van der Waals surface area contributed by atoms with Crippen molar-refractivity contribution >= 4 is 28.2 Å². The molecule has 1 fully saturated rings. The van der Waals surface area contributed by atoms with Crippen LogP contribution in [0.2, 0.25) is 0 Å². The highest BCUT2D eigenvalue weighted by atomic mass is 32.1. The molecule has 2 amide bonds. The van der Waals surface area contributed by atoms with Gasteiger partial charge in [-0.25, -0.2) is 9.78 Å². The molecule has 0 radical (unpaired) electrons. The van der Waals surface area contributed by atoms with Gasteiger partial charge in [-0.15, -0.1) is 11.3 Å². The molecule has 2 aliphatic heterocycles. The molecule has 1 saturated heterocycles. The summed E-state index contributed by atoms with van der Waals surface area (Å²) in [6.07, 6.45) is 3.99. The molecule has 1 aromatic heterocycles. The number of rotatable bonds is 4. The van der Waals surface area contributed by atoms with Crippen LogP contribution in [-0.2, 0) is 0 Å². The van der Waals surface area contributed by atoms with E-state index in [0.29, 0.717) is 29.8 Å². The first kappa shape index (κ1) is 15.1. The second kappa shape index (κ2) is 6.56. The number of urea groups is 1. The number of aromatic nitrogens is 1. The Morgan fingerprint density at radius 3 is 3.17 bits per heavy atom. The van der Waals surface area contributed by atoms with Gasteiger partial charge in [-0.2, -0.15) is 0 Å². The molecule has 0 spiro atoms. The third-order valence-corrected chi connectivity index (χ3v) is 4.98. The number of thiazole rings is 1. The lowest BCUT2D eigenvalue weighted by Gasteiger charge is -2.24. The molecule has 7 nitrogen and oxygen atoms in total. The molecule has 2 aliphatic rings. The van der Waals surface area contributed by atoms with Gasteiger partial charge in [-0.1, -0.05) is 0 Å². The zero-order chi connectivity index (χ0) is 16.4. The number of nitrogens with one attached hydrogen (secondary N) is 2. The topological polar surface area (TPSA) is 75.7 Å². The fraction of sp³-hybridized carbons (Fsp3) is 0.375. The summed E-state index contributed by atoms with van der Waals surface area (Å²) in [4.78, 5) is 18.8. The van der Waals surface area contributed by atoms with Gasteiger partial charge >= 0.3 is 6.03 Å².